The minimum atomic E-state index is -0.165. The molecule has 15 heavy (non-hydrogen) atoms. The summed E-state index contributed by atoms with van der Waals surface area (Å²) in [6.45, 7) is 6.09. The zero-order chi connectivity index (χ0) is 11.2. The van der Waals surface area contributed by atoms with Crippen LogP contribution < -0.4 is 0 Å². The second-order valence-electron chi connectivity index (χ2n) is 4.73. The van der Waals surface area contributed by atoms with Gasteiger partial charge >= 0.3 is 0 Å². The fourth-order valence-electron chi connectivity index (χ4n) is 2.33. The molecule has 1 aromatic rings. The van der Waals surface area contributed by atoms with Gasteiger partial charge < -0.3 is 0 Å². The fraction of sp³-hybridized carbons (Fsp3) is 0.538. The smallest absolute Gasteiger partial charge is 0.123 e. The first-order valence-corrected chi connectivity index (χ1v) is 5.85. The van der Waals surface area contributed by atoms with Crippen molar-refractivity contribution in [3.63, 3.8) is 0 Å². The molecule has 2 rings (SSSR count). The summed E-state index contributed by atoms with van der Waals surface area (Å²) in [5.41, 5.74) is 3.09. The van der Waals surface area contributed by atoms with Gasteiger partial charge in [-0.15, -0.1) is 11.6 Å². The molecule has 0 radical (unpaired) electrons. The van der Waals surface area contributed by atoms with Crippen LogP contribution in [0.4, 0.5) is 4.39 Å². The zero-order valence-corrected chi connectivity index (χ0v) is 10.1. The first-order chi connectivity index (χ1) is 7.00. The Morgan fingerprint density at radius 3 is 2.20 bits per heavy atom. The Hall–Kier alpha value is -0.560. The van der Waals surface area contributed by atoms with Crippen LogP contribution in [0.5, 0.6) is 0 Å². The second kappa shape index (κ2) is 3.79. The first kappa shape index (κ1) is 10.9. The molecule has 3 atom stereocenters. The van der Waals surface area contributed by atoms with Gasteiger partial charge in [-0.05, 0) is 60.9 Å². The SMILES string of the molecule is Cc1cc(F)cc(C)c1C(Cl)C1CC1C. The summed E-state index contributed by atoms with van der Waals surface area (Å²) < 4.78 is 13.1. The van der Waals surface area contributed by atoms with E-state index in [0.717, 1.165) is 22.6 Å². The lowest BCUT2D eigenvalue weighted by molar-refractivity contribution is 0.621. The highest BCUT2D eigenvalue weighted by Gasteiger charge is 2.40. The van der Waals surface area contributed by atoms with Gasteiger partial charge in [-0.1, -0.05) is 6.92 Å². The Morgan fingerprint density at radius 1 is 1.33 bits per heavy atom. The summed E-state index contributed by atoms with van der Waals surface area (Å²) >= 11 is 6.44. The maximum Gasteiger partial charge on any atom is 0.123 e. The molecule has 1 fully saturated rings. The molecule has 2 heteroatoms. The van der Waals surface area contributed by atoms with Gasteiger partial charge in [0.2, 0.25) is 0 Å². The minimum Gasteiger partial charge on any atom is -0.207 e. The van der Waals surface area contributed by atoms with Crippen LogP contribution in [0.3, 0.4) is 0 Å². The van der Waals surface area contributed by atoms with Crippen molar-refractivity contribution in [2.24, 2.45) is 11.8 Å². The molecule has 1 aliphatic rings. The van der Waals surface area contributed by atoms with E-state index in [1.807, 2.05) is 13.8 Å². The van der Waals surface area contributed by atoms with Crippen LogP contribution in [0.25, 0.3) is 0 Å². The van der Waals surface area contributed by atoms with Crippen molar-refractivity contribution in [2.75, 3.05) is 0 Å². The Labute approximate surface area is 95.4 Å². The quantitative estimate of drug-likeness (QED) is 0.657. The molecule has 1 aromatic carbocycles. The predicted octanol–water partition coefficient (Wildman–Crippen LogP) is 4.38. The van der Waals surface area contributed by atoms with E-state index in [4.69, 9.17) is 11.6 Å². The van der Waals surface area contributed by atoms with Gasteiger partial charge in [-0.3, -0.25) is 0 Å². The largest absolute Gasteiger partial charge is 0.207 e. The minimum absolute atomic E-state index is 0.0561. The van der Waals surface area contributed by atoms with Gasteiger partial charge in [0.15, 0.2) is 0 Å². The molecule has 0 bridgehead atoms. The highest BCUT2D eigenvalue weighted by atomic mass is 35.5. The number of hydrogen-bond donors (Lipinski definition) is 0. The summed E-state index contributed by atoms with van der Waals surface area (Å²) in [6, 6.07) is 3.15. The number of rotatable bonds is 2. The van der Waals surface area contributed by atoms with Crippen LogP contribution in [-0.2, 0) is 0 Å². The number of benzene rings is 1. The van der Waals surface area contributed by atoms with Gasteiger partial charge in [0, 0.05) is 0 Å². The number of hydrogen-bond acceptors (Lipinski definition) is 0. The molecule has 0 aliphatic heterocycles. The average molecular weight is 227 g/mol. The Kier molecular flexibility index (Phi) is 2.76. The number of halogens is 2. The normalized spacial score (nSPS) is 26.5. The van der Waals surface area contributed by atoms with Crippen molar-refractivity contribution in [1.29, 1.82) is 0 Å². The van der Waals surface area contributed by atoms with E-state index >= 15 is 0 Å². The first-order valence-electron chi connectivity index (χ1n) is 5.41. The van der Waals surface area contributed by atoms with Gasteiger partial charge in [0.1, 0.15) is 5.82 Å². The Bertz CT molecular complexity index is 363. The van der Waals surface area contributed by atoms with Gasteiger partial charge in [0.25, 0.3) is 0 Å². The van der Waals surface area contributed by atoms with Crippen molar-refractivity contribution < 1.29 is 4.39 Å². The summed E-state index contributed by atoms with van der Waals surface area (Å²) in [5.74, 6) is 1.13. The van der Waals surface area contributed by atoms with Crippen molar-refractivity contribution >= 4 is 11.6 Å². The van der Waals surface area contributed by atoms with Crippen molar-refractivity contribution in [1.82, 2.24) is 0 Å². The van der Waals surface area contributed by atoms with Crippen LogP contribution in [-0.4, -0.2) is 0 Å². The zero-order valence-electron chi connectivity index (χ0n) is 9.35. The van der Waals surface area contributed by atoms with Gasteiger partial charge in [-0.2, -0.15) is 0 Å². The Morgan fingerprint density at radius 2 is 1.80 bits per heavy atom. The average Bonchev–Trinajstić information content (AvgIpc) is 2.80. The molecule has 0 aromatic heterocycles. The van der Waals surface area contributed by atoms with E-state index in [9.17, 15) is 4.39 Å². The van der Waals surface area contributed by atoms with E-state index in [-0.39, 0.29) is 11.2 Å². The van der Waals surface area contributed by atoms with Crippen molar-refractivity contribution in [2.45, 2.75) is 32.6 Å². The molecule has 0 nitrogen and oxygen atoms in total. The van der Waals surface area contributed by atoms with Crippen LogP contribution >= 0.6 is 11.6 Å². The molecule has 82 valence electrons. The maximum absolute atomic E-state index is 13.1. The third-order valence-electron chi connectivity index (χ3n) is 3.38. The molecule has 0 amide bonds. The van der Waals surface area contributed by atoms with E-state index in [1.165, 1.54) is 6.42 Å². The second-order valence-corrected chi connectivity index (χ2v) is 5.20. The molecular formula is C13H16ClF. The van der Waals surface area contributed by atoms with Crippen LogP contribution in [0.1, 0.15) is 35.4 Å². The lowest BCUT2D eigenvalue weighted by Gasteiger charge is -2.15. The van der Waals surface area contributed by atoms with E-state index < -0.39 is 0 Å². The third kappa shape index (κ3) is 2.03. The fourth-order valence-corrected chi connectivity index (χ4v) is 3.02. The summed E-state index contributed by atoms with van der Waals surface area (Å²) in [4.78, 5) is 0. The standard InChI is InChI=1S/C13H16ClF/c1-7-6-11(7)13(14)12-8(2)4-10(15)5-9(12)3/h4-5,7,11,13H,6H2,1-3H3. The van der Waals surface area contributed by atoms with E-state index in [0.29, 0.717) is 5.92 Å². The van der Waals surface area contributed by atoms with Gasteiger partial charge in [-0.25, -0.2) is 4.39 Å². The molecule has 0 N–H and O–H groups in total. The van der Waals surface area contributed by atoms with Crippen molar-refractivity contribution in [3.05, 3.63) is 34.6 Å². The number of aryl methyl sites for hydroxylation is 2. The molecule has 1 saturated carbocycles. The summed E-state index contributed by atoms with van der Waals surface area (Å²) in [7, 11) is 0. The van der Waals surface area contributed by atoms with Gasteiger partial charge in [0.05, 0.1) is 5.38 Å². The summed E-state index contributed by atoms with van der Waals surface area (Å²) in [6.07, 6.45) is 1.20. The van der Waals surface area contributed by atoms with Crippen LogP contribution in [0.15, 0.2) is 12.1 Å². The monoisotopic (exact) mass is 226 g/mol. The third-order valence-corrected chi connectivity index (χ3v) is 3.92. The van der Waals surface area contributed by atoms with Crippen LogP contribution in [0, 0.1) is 31.5 Å². The number of alkyl halides is 1. The molecule has 0 spiro atoms. The van der Waals surface area contributed by atoms with E-state index in [1.54, 1.807) is 12.1 Å². The summed E-state index contributed by atoms with van der Waals surface area (Å²) in [5, 5.41) is 0.0561. The highest BCUT2D eigenvalue weighted by Crippen LogP contribution is 2.51. The maximum atomic E-state index is 13.1. The van der Waals surface area contributed by atoms with Crippen molar-refractivity contribution in [3.8, 4) is 0 Å². The highest BCUT2D eigenvalue weighted by molar-refractivity contribution is 6.21. The lowest BCUT2D eigenvalue weighted by atomic mass is 9.96. The van der Waals surface area contributed by atoms with E-state index in [2.05, 4.69) is 6.92 Å². The molecule has 0 saturated heterocycles. The van der Waals surface area contributed by atoms with Crippen LogP contribution in [0.2, 0.25) is 0 Å². The molecule has 0 heterocycles. The molecular weight excluding hydrogens is 211 g/mol. The lowest BCUT2D eigenvalue weighted by Crippen LogP contribution is -2.01. The molecule has 1 aliphatic carbocycles. The molecule has 3 unspecified atom stereocenters. The topological polar surface area (TPSA) is 0 Å². The Balaban J connectivity index is 2.35. The predicted molar refractivity (Wildman–Crippen MR) is 61.7 cm³/mol.